The average molecular weight is 509 g/mol. The zero-order valence-electron chi connectivity index (χ0n) is 20.7. The average Bonchev–Trinajstić information content (AvgIpc) is 3.60. The molecular formula is C27H35F3N2O2S. The van der Waals surface area contributed by atoms with Crippen LogP contribution in [-0.2, 0) is 21.3 Å². The number of halogens is 3. The second-order valence-corrected chi connectivity index (χ2v) is 10.6. The molecule has 0 spiro atoms. The number of carbonyl (C=O) groups is 2. The number of hydrogen-bond acceptors (Lipinski definition) is 4. The zero-order chi connectivity index (χ0) is 25.6. The molecule has 1 N–H and O–H groups in total. The fraction of sp³-hybridized carbons (Fsp3) is 0.556. The largest absolute Gasteiger partial charge is 0.416 e. The van der Waals surface area contributed by atoms with Crippen molar-refractivity contribution in [2.45, 2.75) is 89.0 Å². The lowest BCUT2D eigenvalue weighted by Gasteiger charge is -2.34. The highest BCUT2D eigenvalue weighted by Crippen LogP contribution is 2.44. The van der Waals surface area contributed by atoms with E-state index in [-0.39, 0.29) is 6.04 Å². The molecule has 4 rings (SSSR count). The predicted molar refractivity (Wildman–Crippen MR) is 134 cm³/mol. The van der Waals surface area contributed by atoms with Gasteiger partial charge in [0.1, 0.15) is 5.54 Å². The number of thiophene rings is 1. The standard InChI is InChI=1S/C19H18F3NO2S.C8H17N/c1-12-3-4-13(19(20,21)22)9-16(12)15-7-8-26-17(15)18(2,10-24)23(11-25)14-5-6-14;1-9-8-6-4-2-3-5-7-8/h3-4,7-11,14H,5-6H2,1-2H3;8-9H,2-7H2,1H3. The lowest BCUT2D eigenvalue weighted by Crippen LogP contribution is -2.45. The zero-order valence-corrected chi connectivity index (χ0v) is 21.5. The third-order valence-corrected chi connectivity index (χ3v) is 8.20. The van der Waals surface area contributed by atoms with Crippen LogP contribution in [0.4, 0.5) is 13.2 Å². The minimum Gasteiger partial charge on any atom is -0.325 e. The van der Waals surface area contributed by atoms with Crippen LogP contribution in [0.15, 0.2) is 29.6 Å². The lowest BCUT2D eigenvalue weighted by molar-refractivity contribution is -0.137. The summed E-state index contributed by atoms with van der Waals surface area (Å²) in [6.45, 7) is 3.37. The number of hydrogen-bond donors (Lipinski definition) is 1. The van der Waals surface area contributed by atoms with Crippen molar-refractivity contribution in [1.82, 2.24) is 10.2 Å². The van der Waals surface area contributed by atoms with Crippen LogP contribution < -0.4 is 5.32 Å². The second-order valence-electron chi connectivity index (χ2n) is 9.68. The summed E-state index contributed by atoms with van der Waals surface area (Å²) in [7, 11) is 2.08. The van der Waals surface area contributed by atoms with Crippen molar-refractivity contribution in [3.8, 4) is 11.1 Å². The minimum atomic E-state index is -4.45. The third kappa shape index (κ3) is 6.53. The number of amides is 1. The van der Waals surface area contributed by atoms with Gasteiger partial charge >= 0.3 is 6.18 Å². The van der Waals surface area contributed by atoms with Crippen molar-refractivity contribution in [3.05, 3.63) is 45.6 Å². The Hall–Kier alpha value is -2.19. The molecule has 2 aliphatic carbocycles. The number of carbonyl (C=O) groups excluding carboxylic acids is 2. The summed E-state index contributed by atoms with van der Waals surface area (Å²) in [4.78, 5) is 25.7. The van der Waals surface area contributed by atoms with E-state index in [1.165, 1.54) is 60.8 Å². The van der Waals surface area contributed by atoms with Crippen LogP contribution in [0.25, 0.3) is 11.1 Å². The van der Waals surface area contributed by atoms with Gasteiger partial charge in [-0.3, -0.25) is 4.79 Å². The first-order valence-corrected chi connectivity index (χ1v) is 13.2. The molecule has 1 aromatic carbocycles. The smallest absolute Gasteiger partial charge is 0.325 e. The van der Waals surface area contributed by atoms with Gasteiger partial charge in [0.25, 0.3) is 0 Å². The van der Waals surface area contributed by atoms with E-state index in [2.05, 4.69) is 12.4 Å². The Bertz CT molecular complexity index is 995. The Morgan fingerprint density at radius 3 is 2.17 bits per heavy atom. The molecule has 0 saturated heterocycles. The fourth-order valence-electron chi connectivity index (χ4n) is 4.73. The topological polar surface area (TPSA) is 49.4 Å². The van der Waals surface area contributed by atoms with Crippen LogP contribution in [-0.4, -0.2) is 36.7 Å². The molecule has 1 unspecified atom stereocenters. The number of benzene rings is 1. The van der Waals surface area contributed by atoms with Crippen LogP contribution >= 0.6 is 11.3 Å². The summed E-state index contributed by atoms with van der Waals surface area (Å²) in [5.74, 6) is 0. The molecule has 2 aliphatic rings. The van der Waals surface area contributed by atoms with Crippen LogP contribution in [0.3, 0.4) is 0 Å². The number of rotatable bonds is 7. The van der Waals surface area contributed by atoms with Gasteiger partial charge in [-0.2, -0.15) is 13.2 Å². The van der Waals surface area contributed by atoms with Gasteiger partial charge in [0.15, 0.2) is 6.29 Å². The minimum absolute atomic E-state index is 0.000237. The normalized spacial score (nSPS) is 18.6. The number of alkyl halides is 3. The van der Waals surface area contributed by atoms with Gasteiger partial charge in [-0.25, -0.2) is 0 Å². The maximum atomic E-state index is 13.1. The van der Waals surface area contributed by atoms with Crippen molar-refractivity contribution in [2.24, 2.45) is 0 Å². The molecule has 2 saturated carbocycles. The van der Waals surface area contributed by atoms with Gasteiger partial charge in [0.05, 0.1) is 5.56 Å². The highest BCUT2D eigenvalue weighted by atomic mass is 32.1. The van der Waals surface area contributed by atoms with E-state index in [1.54, 1.807) is 25.3 Å². The van der Waals surface area contributed by atoms with Gasteiger partial charge in [0, 0.05) is 17.0 Å². The number of aldehydes is 1. The summed E-state index contributed by atoms with van der Waals surface area (Å²) in [5, 5.41) is 5.08. The van der Waals surface area contributed by atoms with Crippen molar-refractivity contribution in [3.63, 3.8) is 0 Å². The molecule has 0 aliphatic heterocycles. The molecule has 2 aromatic rings. The van der Waals surface area contributed by atoms with Crippen molar-refractivity contribution >= 4 is 24.0 Å². The van der Waals surface area contributed by atoms with E-state index >= 15 is 0 Å². The first-order valence-electron chi connectivity index (χ1n) is 12.3. The molecule has 1 atom stereocenters. The molecule has 2 fully saturated rings. The molecule has 1 amide bonds. The van der Waals surface area contributed by atoms with Crippen molar-refractivity contribution in [1.29, 1.82) is 0 Å². The molecular weight excluding hydrogens is 473 g/mol. The van der Waals surface area contributed by atoms with E-state index in [9.17, 15) is 22.8 Å². The molecule has 0 bridgehead atoms. The third-order valence-electron chi connectivity index (χ3n) is 7.06. The summed E-state index contributed by atoms with van der Waals surface area (Å²) >= 11 is 1.27. The van der Waals surface area contributed by atoms with Gasteiger partial charge in [-0.1, -0.05) is 31.7 Å². The van der Waals surface area contributed by atoms with Crippen molar-refractivity contribution < 1.29 is 22.8 Å². The Morgan fingerprint density at radius 1 is 1.00 bits per heavy atom. The maximum Gasteiger partial charge on any atom is 0.416 e. The molecule has 8 heteroatoms. The monoisotopic (exact) mass is 508 g/mol. The Morgan fingerprint density at radius 2 is 1.66 bits per heavy atom. The van der Waals surface area contributed by atoms with Crippen LogP contribution in [0.5, 0.6) is 0 Å². The summed E-state index contributed by atoms with van der Waals surface area (Å²) in [5.41, 5.74) is -0.286. The Kier molecular flexibility index (Phi) is 9.16. The molecule has 1 heterocycles. The van der Waals surface area contributed by atoms with Gasteiger partial charge in [0.2, 0.25) is 6.41 Å². The van der Waals surface area contributed by atoms with E-state index in [0.717, 1.165) is 31.0 Å². The van der Waals surface area contributed by atoms with Crippen LogP contribution in [0.2, 0.25) is 0 Å². The molecule has 35 heavy (non-hydrogen) atoms. The molecule has 4 nitrogen and oxygen atoms in total. The summed E-state index contributed by atoms with van der Waals surface area (Å²) in [6.07, 6.45) is 7.15. The SMILES string of the molecule is CNC1CCCCCC1.Cc1ccc(C(F)(F)F)cc1-c1ccsc1C(C)(C=O)N(C=O)C1CC1. The van der Waals surface area contributed by atoms with Gasteiger partial charge in [-0.15, -0.1) is 11.3 Å². The number of nitrogens with zero attached hydrogens (tertiary/aromatic N) is 1. The van der Waals surface area contributed by atoms with Gasteiger partial charge in [-0.05, 0) is 86.8 Å². The quantitative estimate of drug-likeness (QED) is 0.334. The fourth-order valence-corrected chi connectivity index (χ4v) is 5.77. The van der Waals surface area contributed by atoms with E-state index in [4.69, 9.17) is 0 Å². The Labute approximate surface area is 209 Å². The van der Waals surface area contributed by atoms with E-state index in [0.29, 0.717) is 34.3 Å². The summed E-state index contributed by atoms with van der Waals surface area (Å²) in [6, 6.07) is 6.11. The highest BCUT2D eigenvalue weighted by Gasteiger charge is 2.44. The number of aryl methyl sites for hydroxylation is 1. The lowest BCUT2D eigenvalue weighted by atomic mass is 9.90. The molecule has 1 aromatic heterocycles. The number of nitrogens with one attached hydrogen (secondary N) is 1. The first kappa shape index (κ1) is 27.4. The highest BCUT2D eigenvalue weighted by molar-refractivity contribution is 7.10. The van der Waals surface area contributed by atoms with Crippen LogP contribution in [0, 0.1) is 6.92 Å². The first-order chi connectivity index (χ1) is 16.7. The van der Waals surface area contributed by atoms with E-state index < -0.39 is 17.3 Å². The summed E-state index contributed by atoms with van der Waals surface area (Å²) < 4.78 is 39.4. The molecule has 192 valence electrons. The van der Waals surface area contributed by atoms with Crippen molar-refractivity contribution in [2.75, 3.05) is 7.05 Å². The Balaban J connectivity index is 0.000000320. The second kappa shape index (κ2) is 11.7. The van der Waals surface area contributed by atoms with E-state index in [1.807, 2.05) is 0 Å². The maximum absolute atomic E-state index is 13.1. The van der Waals surface area contributed by atoms with Crippen LogP contribution in [0.1, 0.15) is 74.3 Å². The predicted octanol–water partition coefficient (Wildman–Crippen LogP) is 6.71. The van der Waals surface area contributed by atoms with Gasteiger partial charge < -0.3 is 15.0 Å². The molecule has 0 radical (unpaired) electrons.